The number of morpholine rings is 1. The zero-order valence-corrected chi connectivity index (χ0v) is 25.9. The minimum absolute atomic E-state index is 0.0406. The fourth-order valence-electron chi connectivity index (χ4n) is 5.58. The van der Waals surface area contributed by atoms with E-state index in [1.54, 1.807) is 11.8 Å². The van der Waals surface area contributed by atoms with E-state index in [2.05, 4.69) is 74.6 Å². The minimum atomic E-state index is -0.0406. The molecule has 2 fully saturated rings. The van der Waals surface area contributed by atoms with Crippen molar-refractivity contribution < 1.29 is 9.53 Å². The summed E-state index contributed by atoms with van der Waals surface area (Å²) in [5.41, 5.74) is 5.11. The molecule has 2 aliphatic heterocycles. The molecule has 0 bridgehead atoms. The summed E-state index contributed by atoms with van der Waals surface area (Å²) in [5.74, 6) is 1.60. The molecule has 1 amide bonds. The van der Waals surface area contributed by atoms with Crippen molar-refractivity contribution >= 4 is 23.5 Å². The van der Waals surface area contributed by atoms with Crippen molar-refractivity contribution in [2.45, 2.75) is 17.5 Å². The van der Waals surface area contributed by atoms with Gasteiger partial charge in [0.1, 0.15) is 5.82 Å². The Hall–Kier alpha value is -3.76. The van der Waals surface area contributed by atoms with E-state index in [0.717, 1.165) is 93.4 Å². The van der Waals surface area contributed by atoms with Crippen molar-refractivity contribution in [1.82, 2.24) is 25.1 Å². The van der Waals surface area contributed by atoms with Crippen LogP contribution in [0.5, 0.6) is 0 Å². The minimum Gasteiger partial charge on any atom is -0.379 e. The summed E-state index contributed by atoms with van der Waals surface area (Å²) in [4.78, 5) is 30.0. The number of rotatable bonds is 11. The third kappa shape index (κ3) is 8.45. The molecule has 0 saturated carbocycles. The number of hydrogen-bond acceptors (Lipinski definition) is 8. The normalized spacial score (nSPS) is 16.1. The van der Waals surface area contributed by atoms with Crippen LogP contribution in [0.15, 0.2) is 96.2 Å². The lowest BCUT2D eigenvalue weighted by Gasteiger charge is -2.35. The van der Waals surface area contributed by atoms with Crippen LogP contribution < -0.4 is 10.2 Å². The van der Waals surface area contributed by atoms with Gasteiger partial charge in [-0.15, -0.1) is 0 Å². The Morgan fingerprint density at radius 1 is 0.773 bits per heavy atom. The first-order valence-corrected chi connectivity index (χ1v) is 16.4. The quantitative estimate of drug-likeness (QED) is 0.192. The predicted octanol–water partition coefficient (Wildman–Crippen LogP) is 4.82. The van der Waals surface area contributed by atoms with Gasteiger partial charge in [-0.1, -0.05) is 84.6 Å². The molecular formula is C35H40N6O2S. The molecule has 6 rings (SSSR count). The number of ether oxygens (including phenoxy) is 1. The molecule has 0 radical (unpaired) electrons. The van der Waals surface area contributed by atoms with E-state index in [9.17, 15) is 4.79 Å². The van der Waals surface area contributed by atoms with Crippen molar-refractivity contribution in [1.29, 1.82) is 0 Å². The van der Waals surface area contributed by atoms with E-state index in [4.69, 9.17) is 14.7 Å². The van der Waals surface area contributed by atoms with Gasteiger partial charge in [0.25, 0.3) is 5.91 Å². The summed E-state index contributed by atoms with van der Waals surface area (Å²) >= 11 is 1.61. The molecule has 3 aromatic carbocycles. The van der Waals surface area contributed by atoms with Crippen LogP contribution in [-0.4, -0.2) is 91.2 Å². The lowest BCUT2D eigenvalue weighted by atomic mass is 10.1. The Bertz CT molecular complexity index is 1490. The number of hydrogen-bond donors (Lipinski definition) is 1. The number of nitrogens with zero attached hydrogens (tertiary/aromatic N) is 5. The Kier molecular flexibility index (Phi) is 10.5. The van der Waals surface area contributed by atoms with Crippen LogP contribution in [0.25, 0.3) is 11.3 Å². The maximum Gasteiger partial charge on any atom is 0.251 e. The van der Waals surface area contributed by atoms with Crippen LogP contribution in [0.4, 0.5) is 5.82 Å². The van der Waals surface area contributed by atoms with Gasteiger partial charge in [0.15, 0.2) is 5.16 Å². The Labute approximate surface area is 264 Å². The molecule has 228 valence electrons. The van der Waals surface area contributed by atoms with Crippen molar-refractivity contribution in [3.63, 3.8) is 0 Å². The lowest BCUT2D eigenvalue weighted by molar-refractivity contribution is 0.0383. The molecule has 0 spiro atoms. The third-order valence-corrected chi connectivity index (χ3v) is 9.00. The topological polar surface area (TPSA) is 73.8 Å². The molecule has 0 aliphatic carbocycles. The number of benzene rings is 3. The molecule has 0 unspecified atom stereocenters. The van der Waals surface area contributed by atoms with Crippen LogP contribution in [-0.2, 0) is 17.0 Å². The van der Waals surface area contributed by atoms with E-state index < -0.39 is 0 Å². The van der Waals surface area contributed by atoms with E-state index in [-0.39, 0.29) is 5.91 Å². The summed E-state index contributed by atoms with van der Waals surface area (Å²) in [6.07, 6.45) is 0. The number of amides is 1. The van der Waals surface area contributed by atoms with Gasteiger partial charge in [-0.05, 0) is 23.3 Å². The smallest absolute Gasteiger partial charge is 0.251 e. The number of carbonyl (C=O) groups excluding carboxylic acids is 1. The van der Waals surface area contributed by atoms with Gasteiger partial charge in [-0.2, -0.15) is 0 Å². The first-order valence-electron chi connectivity index (χ1n) is 15.5. The highest BCUT2D eigenvalue weighted by Gasteiger charge is 2.20. The van der Waals surface area contributed by atoms with Crippen LogP contribution in [0.1, 0.15) is 21.5 Å². The van der Waals surface area contributed by atoms with Gasteiger partial charge in [0.2, 0.25) is 0 Å². The second-order valence-electron chi connectivity index (χ2n) is 11.2. The highest BCUT2D eigenvalue weighted by molar-refractivity contribution is 7.98. The third-order valence-electron chi connectivity index (χ3n) is 8.08. The van der Waals surface area contributed by atoms with Crippen LogP contribution in [0.2, 0.25) is 0 Å². The van der Waals surface area contributed by atoms with Gasteiger partial charge in [0, 0.05) is 81.8 Å². The second-order valence-corrected chi connectivity index (χ2v) is 12.2. The second kappa shape index (κ2) is 15.3. The monoisotopic (exact) mass is 608 g/mol. The molecule has 2 saturated heterocycles. The van der Waals surface area contributed by atoms with Crippen LogP contribution in [0, 0.1) is 0 Å². The average molecular weight is 609 g/mol. The van der Waals surface area contributed by atoms with Gasteiger partial charge < -0.3 is 15.0 Å². The number of thioether (sulfide) groups is 1. The van der Waals surface area contributed by atoms with Crippen molar-refractivity contribution in [2.75, 3.05) is 70.5 Å². The largest absolute Gasteiger partial charge is 0.379 e. The molecule has 1 aromatic heterocycles. The molecule has 1 N–H and O–H groups in total. The molecule has 9 heteroatoms. The zero-order chi connectivity index (χ0) is 30.0. The molecule has 0 atom stereocenters. The van der Waals surface area contributed by atoms with Crippen molar-refractivity contribution in [3.8, 4) is 11.3 Å². The summed E-state index contributed by atoms with van der Waals surface area (Å²) in [6, 6.07) is 31.0. The summed E-state index contributed by atoms with van der Waals surface area (Å²) < 4.78 is 5.41. The highest BCUT2D eigenvalue weighted by atomic mass is 32.2. The maximum atomic E-state index is 12.9. The van der Waals surface area contributed by atoms with Gasteiger partial charge >= 0.3 is 0 Å². The molecule has 4 aromatic rings. The van der Waals surface area contributed by atoms with Crippen LogP contribution >= 0.6 is 11.8 Å². The van der Waals surface area contributed by atoms with Crippen molar-refractivity contribution in [3.05, 3.63) is 108 Å². The number of aromatic nitrogens is 2. The van der Waals surface area contributed by atoms with Gasteiger partial charge in [-0.3, -0.25) is 14.6 Å². The van der Waals surface area contributed by atoms with E-state index in [1.807, 2.05) is 36.4 Å². The van der Waals surface area contributed by atoms with Gasteiger partial charge in [-0.25, -0.2) is 9.97 Å². The zero-order valence-electron chi connectivity index (χ0n) is 25.1. The first-order chi connectivity index (χ1) is 21.7. The molecule has 2 aliphatic rings. The Morgan fingerprint density at radius 3 is 2.27 bits per heavy atom. The number of carbonyl (C=O) groups is 1. The lowest BCUT2D eigenvalue weighted by Crippen LogP contribution is -2.46. The number of piperazine rings is 1. The average Bonchev–Trinajstić information content (AvgIpc) is 3.09. The van der Waals surface area contributed by atoms with E-state index in [1.165, 1.54) is 5.56 Å². The number of anilines is 1. The van der Waals surface area contributed by atoms with Gasteiger partial charge in [0.05, 0.1) is 18.9 Å². The fraction of sp³-hybridized carbons (Fsp3) is 0.343. The van der Waals surface area contributed by atoms with E-state index >= 15 is 0 Å². The Balaban J connectivity index is 1.10. The fourth-order valence-corrected chi connectivity index (χ4v) is 6.37. The van der Waals surface area contributed by atoms with Crippen molar-refractivity contribution in [2.24, 2.45) is 0 Å². The summed E-state index contributed by atoms with van der Waals surface area (Å²) in [5, 5.41) is 3.82. The SMILES string of the molecule is O=C(NCCN1CCOCC1)c1cccc(CSc2nc(-c3ccccc3)cc(N3CCN(Cc4ccccc4)CC3)n2)c1. The summed E-state index contributed by atoms with van der Waals surface area (Å²) in [7, 11) is 0. The highest BCUT2D eigenvalue weighted by Crippen LogP contribution is 2.28. The summed E-state index contributed by atoms with van der Waals surface area (Å²) in [6.45, 7) is 9.62. The number of nitrogens with one attached hydrogen (secondary N) is 1. The molecular weight excluding hydrogens is 568 g/mol. The van der Waals surface area contributed by atoms with Crippen LogP contribution in [0.3, 0.4) is 0 Å². The van der Waals surface area contributed by atoms with E-state index in [0.29, 0.717) is 17.9 Å². The first kappa shape index (κ1) is 30.3. The molecule has 8 nitrogen and oxygen atoms in total. The predicted molar refractivity (Wildman–Crippen MR) is 177 cm³/mol. The Morgan fingerprint density at radius 2 is 1.50 bits per heavy atom. The molecule has 44 heavy (non-hydrogen) atoms. The molecule has 3 heterocycles. The maximum absolute atomic E-state index is 12.9. The standard InChI is InChI=1S/C35H40N6O2S/c42-34(36-14-15-39-20-22-43-23-21-39)31-13-7-10-29(24-31)27-44-35-37-32(30-11-5-2-6-12-30)25-33(38-35)41-18-16-40(17-19-41)26-28-8-3-1-4-9-28/h1-13,24-25H,14-23,26-27H2,(H,36,42).